The van der Waals surface area contributed by atoms with Gasteiger partial charge in [0.1, 0.15) is 5.78 Å². The molecule has 100 valence electrons. The van der Waals surface area contributed by atoms with Crippen LogP contribution in [0, 0.1) is 11.8 Å². The second-order valence-corrected chi connectivity index (χ2v) is 5.85. The summed E-state index contributed by atoms with van der Waals surface area (Å²) < 4.78 is 0. The lowest BCUT2D eigenvalue weighted by Gasteiger charge is -2.27. The molecule has 0 aliphatic heterocycles. The molecule has 0 N–H and O–H groups in total. The minimum absolute atomic E-state index is 0.334. The lowest BCUT2D eigenvalue weighted by molar-refractivity contribution is -0.123. The van der Waals surface area contributed by atoms with Gasteiger partial charge in [0.2, 0.25) is 0 Å². The second-order valence-electron chi connectivity index (χ2n) is 5.47. The van der Waals surface area contributed by atoms with Gasteiger partial charge in [0, 0.05) is 18.2 Å². The van der Waals surface area contributed by atoms with E-state index >= 15 is 0 Å². The molecule has 2 heteroatoms. The van der Waals surface area contributed by atoms with E-state index in [1.165, 1.54) is 44.9 Å². The van der Waals surface area contributed by atoms with E-state index < -0.39 is 0 Å². The van der Waals surface area contributed by atoms with Gasteiger partial charge in [-0.1, -0.05) is 39.0 Å². The number of ketones is 1. The van der Waals surface area contributed by atoms with E-state index in [2.05, 4.69) is 6.92 Å². The van der Waals surface area contributed by atoms with E-state index in [9.17, 15) is 4.79 Å². The van der Waals surface area contributed by atoms with Gasteiger partial charge in [-0.3, -0.25) is 4.79 Å². The van der Waals surface area contributed by atoms with Gasteiger partial charge in [0.25, 0.3) is 0 Å². The molecule has 1 aliphatic rings. The Labute approximate surface area is 111 Å². The average Bonchev–Trinajstić information content (AvgIpc) is 2.36. The Morgan fingerprint density at radius 2 is 1.82 bits per heavy atom. The molecule has 0 radical (unpaired) electrons. The molecule has 0 spiro atoms. The molecule has 17 heavy (non-hydrogen) atoms. The van der Waals surface area contributed by atoms with Crippen LogP contribution in [0.25, 0.3) is 0 Å². The molecule has 1 rings (SSSR count). The molecule has 0 saturated heterocycles. The Hall–Kier alpha value is -0.0400. The molecule has 0 aromatic heterocycles. The largest absolute Gasteiger partial charge is 0.299 e. The van der Waals surface area contributed by atoms with E-state index in [0.717, 1.165) is 18.8 Å². The SMILES string of the molecule is CCCCCCC1CCC(C(=O)CCCl)CC1. The maximum atomic E-state index is 11.7. The van der Waals surface area contributed by atoms with Crippen molar-refractivity contribution in [2.75, 3.05) is 5.88 Å². The number of hydrogen-bond donors (Lipinski definition) is 0. The highest BCUT2D eigenvalue weighted by Gasteiger charge is 2.25. The fraction of sp³-hybridized carbons (Fsp3) is 0.933. The van der Waals surface area contributed by atoms with Crippen molar-refractivity contribution in [3.8, 4) is 0 Å². The molecule has 0 aromatic rings. The monoisotopic (exact) mass is 258 g/mol. The number of carbonyl (C=O) groups excluding carboxylic acids is 1. The molecule has 1 fully saturated rings. The minimum atomic E-state index is 0.334. The quantitative estimate of drug-likeness (QED) is 0.444. The molecule has 0 unspecified atom stereocenters. The second kappa shape index (κ2) is 8.97. The zero-order chi connectivity index (χ0) is 12.5. The van der Waals surface area contributed by atoms with Crippen LogP contribution in [0.4, 0.5) is 0 Å². The van der Waals surface area contributed by atoms with Gasteiger partial charge in [0.05, 0.1) is 0 Å². The maximum Gasteiger partial charge on any atom is 0.137 e. The van der Waals surface area contributed by atoms with Crippen molar-refractivity contribution in [3.63, 3.8) is 0 Å². The Morgan fingerprint density at radius 1 is 1.12 bits per heavy atom. The van der Waals surface area contributed by atoms with Gasteiger partial charge in [0.15, 0.2) is 0 Å². The van der Waals surface area contributed by atoms with Crippen LogP contribution in [-0.4, -0.2) is 11.7 Å². The summed E-state index contributed by atoms with van der Waals surface area (Å²) in [6, 6.07) is 0. The molecule has 1 saturated carbocycles. The number of unbranched alkanes of at least 4 members (excludes halogenated alkanes) is 3. The van der Waals surface area contributed by atoms with E-state index in [0.29, 0.717) is 24.0 Å². The Morgan fingerprint density at radius 3 is 2.41 bits per heavy atom. The number of alkyl halides is 1. The zero-order valence-electron chi connectivity index (χ0n) is 11.2. The first-order chi connectivity index (χ1) is 8.27. The van der Waals surface area contributed by atoms with Crippen molar-refractivity contribution < 1.29 is 4.79 Å². The number of Topliss-reactive ketones (excluding diaryl/α,β-unsaturated/α-hetero) is 1. The Balaban J connectivity index is 2.11. The van der Waals surface area contributed by atoms with Crippen molar-refractivity contribution >= 4 is 17.4 Å². The number of rotatable bonds is 8. The predicted octanol–water partition coefficient (Wildman–Crippen LogP) is 4.96. The van der Waals surface area contributed by atoms with Crippen molar-refractivity contribution in [1.29, 1.82) is 0 Å². The normalized spacial score (nSPS) is 24.8. The molecule has 0 amide bonds. The molecular formula is C15H27ClO. The van der Waals surface area contributed by atoms with Crippen molar-refractivity contribution in [1.82, 2.24) is 0 Å². The first-order valence-corrected chi connectivity index (χ1v) is 7.90. The summed E-state index contributed by atoms with van der Waals surface area (Å²) in [5.41, 5.74) is 0. The van der Waals surface area contributed by atoms with Crippen LogP contribution in [0.15, 0.2) is 0 Å². The van der Waals surface area contributed by atoms with Gasteiger partial charge >= 0.3 is 0 Å². The summed E-state index contributed by atoms with van der Waals surface area (Å²) in [4.78, 5) is 11.7. The molecular weight excluding hydrogens is 232 g/mol. The van der Waals surface area contributed by atoms with E-state index in [4.69, 9.17) is 11.6 Å². The highest BCUT2D eigenvalue weighted by molar-refractivity contribution is 6.19. The summed E-state index contributed by atoms with van der Waals surface area (Å²) in [5.74, 6) is 2.13. The topological polar surface area (TPSA) is 17.1 Å². The van der Waals surface area contributed by atoms with Gasteiger partial charge in [-0.25, -0.2) is 0 Å². The summed E-state index contributed by atoms with van der Waals surface area (Å²) in [5, 5.41) is 0. The third-order valence-corrected chi connectivity index (χ3v) is 4.30. The van der Waals surface area contributed by atoms with E-state index in [1.54, 1.807) is 0 Å². The molecule has 0 aromatic carbocycles. The lowest BCUT2D eigenvalue weighted by Crippen LogP contribution is -2.22. The van der Waals surface area contributed by atoms with E-state index in [-0.39, 0.29) is 0 Å². The van der Waals surface area contributed by atoms with Crippen LogP contribution in [0.1, 0.15) is 71.1 Å². The van der Waals surface area contributed by atoms with Gasteiger partial charge in [-0.15, -0.1) is 11.6 Å². The first kappa shape index (κ1) is 15.0. The fourth-order valence-corrected chi connectivity index (χ4v) is 3.12. The van der Waals surface area contributed by atoms with Crippen molar-refractivity contribution in [3.05, 3.63) is 0 Å². The smallest absolute Gasteiger partial charge is 0.137 e. The molecule has 0 heterocycles. The molecule has 1 nitrogen and oxygen atoms in total. The highest BCUT2D eigenvalue weighted by Crippen LogP contribution is 2.33. The molecule has 0 atom stereocenters. The lowest BCUT2D eigenvalue weighted by atomic mass is 9.77. The Bertz CT molecular complexity index is 207. The molecule has 1 aliphatic carbocycles. The minimum Gasteiger partial charge on any atom is -0.299 e. The number of hydrogen-bond acceptors (Lipinski definition) is 1. The van der Waals surface area contributed by atoms with Crippen LogP contribution >= 0.6 is 11.6 Å². The third-order valence-electron chi connectivity index (χ3n) is 4.11. The Kier molecular flexibility index (Phi) is 7.92. The zero-order valence-corrected chi connectivity index (χ0v) is 12.0. The molecule has 0 bridgehead atoms. The van der Waals surface area contributed by atoms with Crippen LogP contribution < -0.4 is 0 Å². The summed E-state index contributed by atoms with van der Waals surface area (Å²) in [6.07, 6.45) is 12.2. The van der Waals surface area contributed by atoms with Crippen LogP contribution in [-0.2, 0) is 4.79 Å². The number of halogens is 1. The van der Waals surface area contributed by atoms with Crippen molar-refractivity contribution in [2.45, 2.75) is 71.1 Å². The third kappa shape index (κ3) is 5.90. The van der Waals surface area contributed by atoms with Crippen LogP contribution in [0.3, 0.4) is 0 Å². The highest BCUT2D eigenvalue weighted by atomic mass is 35.5. The first-order valence-electron chi connectivity index (χ1n) is 7.36. The van der Waals surface area contributed by atoms with E-state index in [1.807, 2.05) is 0 Å². The standard InChI is InChI=1S/C15H27ClO/c1-2-3-4-5-6-13-7-9-14(10-8-13)15(17)11-12-16/h13-14H,2-12H2,1H3. The van der Waals surface area contributed by atoms with Gasteiger partial charge in [-0.05, 0) is 31.6 Å². The average molecular weight is 259 g/mol. The van der Waals surface area contributed by atoms with Crippen LogP contribution in [0.5, 0.6) is 0 Å². The number of carbonyl (C=O) groups is 1. The van der Waals surface area contributed by atoms with Crippen LogP contribution in [0.2, 0.25) is 0 Å². The summed E-state index contributed by atoms with van der Waals surface area (Å²) in [6.45, 7) is 2.26. The summed E-state index contributed by atoms with van der Waals surface area (Å²) in [7, 11) is 0. The fourth-order valence-electron chi connectivity index (χ4n) is 2.93. The van der Waals surface area contributed by atoms with Crippen molar-refractivity contribution in [2.24, 2.45) is 11.8 Å². The van der Waals surface area contributed by atoms with Gasteiger partial charge in [-0.2, -0.15) is 0 Å². The van der Waals surface area contributed by atoms with Gasteiger partial charge < -0.3 is 0 Å². The predicted molar refractivity (Wildman–Crippen MR) is 74.6 cm³/mol. The summed E-state index contributed by atoms with van der Waals surface area (Å²) >= 11 is 5.62. The maximum absolute atomic E-state index is 11.7.